The Bertz CT molecular complexity index is 607. The third kappa shape index (κ3) is 2.72. The second-order valence-corrected chi connectivity index (χ2v) is 5.18. The van der Waals surface area contributed by atoms with Crippen molar-refractivity contribution < 1.29 is 9.18 Å². The Morgan fingerprint density at radius 2 is 1.70 bits per heavy atom. The van der Waals surface area contributed by atoms with Crippen molar-refractivity contribution in [2.45, 2.75) is 18.9 Å². The Kier molecular flexibility index (Phi) is 3.50. The highest BCUT2D eigenvalue weighted by Crippen LogP contribution is 2.41. The lowest BCUT2D eigenvalue weighted by atomic mass is 10.0. The van der Waals surface area contributed by atoms with Gasteiger partial charge in [0.1, 0.15) is 5.82 Å². The van der Waals surface area contributed by atoms with Crippen LogP contribution >= 0.6 is 0 Å². The van der Waals surface area contributed by atoms with E-state index in [1.54, 1.807) is 12.1 Å². The lowest BCUT2D eigenvalue weighted by Crippen LogP contribution is -2.30. The Morgan fingerprint density at radius 3 is 2.35 bits per heavy atom. The van der Waals surface area contributed by atoms with Gasteiger partial charge in [0.05, 0.1) is 11.6 Å². The Balaban J connectivity index is 1.81. The van der Waals surface area contributed by atoms with Crippen LogP contribution in [0.3, 0.4) is 0 Å². The van der Waals surface area contributed by atoms with Crippen LogP contribution in [0.25, 0.3) is 0 Å². The molecule has 20 heavy (non-hydrogen) atoms. The number of hydrogen-bond donors (Lipinski definition) is 1. The van der Waals surface area contributed by atoms with Crippen LogP contribution in [0.1, 0.15) is 34.8 Å². The summed E-state index contributed by atoms with van der Waals surface area (Å²) in [6, 6.07) is 15.9. The number of benzene rings is 2. The van der Waals surface area contributed by atoms with Crippen LogP contribution in [0.2, 0.25) is 0 Å². The van der Waals surface area contributed by atoms with E-state index in [9.17, 15) is 9.18 Å². The summed E-state index contributed by atoms with van der Waals surface area (Å²) >= 11 is 0. The molecule has 1 unspecified atom stereocenters. The minimum absolute atomic E-state index is 0.0247. The molecular formula is C17H16FNO. The molecule has 2 aromatic carbocycles. The van der Waals surface area contributed by atoms with Crippen molar-refractivity contribution in [2.24, 2.45) is 5.92 Å². The topological polar surface area (TPSA) is 29.1 Å². The van der Waals surface area contributed by atoms with Gasteiger partial charge in [-0.1, -0.05) is 42.5 Å². The number of amides is 1. The quantitative estimate of drug-likeness (QED) is 0.900. The van der Waals surface area contributed by atoms with Crippen molar-refractivity contribution in [3.8, 4) is 0 Å². The lowest BCUT2D eigenvalue weighted by Gasteiger charge is -2.19. The summed E-state index contributed by atoms with van der Waals surface area (Å²) in [5, 5.41) is 2.97. The fourth-order valence-electron chi connectivity index (χ4n) is 2.43. The van der Waals surface area contributed by atoms with Crippen molar-refractivity contribution in [1.29, 1.82) is 0 Å². The van der Waals surface area contributed by atoms with Gasteiger partial charge < -0.3 is 5.32 Å². The van der Waals surface area contributed by atoms with Crippen molar-refractivity contribution in [3.05, 3.63) is 71.5 Å². The molecule has 1 aliphatic carbocycles. The van der Waals surface area contributed by atoms with Gasteiger partial charge in [0.25, 0.3) is 5.91 Å². The monoisotopic (exact) mass is 269 g/mol. The van der Waals surface area contributed by atoms with Gasteiger partial charge in [-0.3, -0.25) is 4.79 Å². The average molecular weight is 269 g/mol. The molecule has 1 saturated carbocycles. The second kappa shape index (κ2) is 5.45. The van der Waals surface area contributed by atoms with Crippen LogP contribution in [0.5, 0.6) is 0 Å². The zero-order valence-electron chi connectivity index (χ0n) is 11.1. The minimum Gasteiger partial charge on any atom is -0.345 e. The van der Waals surface area contributed by atoms with Crippen molar-refractivity contribution in [1.82, 2.24) is 5.32 Å². The van der Waals surface area contributed by atoms with E-state index in [1.807, 2.05) is 30.3 Å². The van der Waals surface area contributed by atoms with Gasteiger partial charge in [0.15, 0.2) is 0 Å². The average Bonchev–Trinajstić information content (AvgIpc) is 3.30. The summed E-state index contributed by atoms with van der Waals surface area (Å²) in [6.45, 7) is 0. The van der Waals surface area contributed by atoms with Crippen LogP contribution in [0.4, 0.5) is 4.39 Å². The molecule has 1 N–H and O–H groups in total. The highest BCUT2D eigenvalue weighted by Gasteiger charge is 2.33. The first-order chi connectivity index (χ1) is 9.75. The zero-order chi connectivity index (χ0) is 13.9. The predicted molar refractivity (Wildman–Crippen MR) is 75.8 cm³/mol. The molecule has 1 fully saturated rings. The van der Waals surface area contributed by atoms with Crippen LogP contribution in [0, 0.1) is 11.7 Å². The van der Waals surface area contributed by atoms with E-state index >= 15 is 0 Å². The Labute approximate surface area is 117 Å². The largest absolute Gasteiger partial charge is 0.345 e. The van der Waals surface area contributed by atoms with E-state index in [0.29, 0.717) is 5.92 Å². The Morgan fingerprint density at radius 1 is 1.05 bits per heavy atom. The first-order valence-corrected chi connectivity index (χ1v) is 6.86. The summed E-state index contributed by atoms with van der Waals surface area (Å²) in [7, 11) is 0. The van der Waals surface area contributed by atoms with E-state index in [4.69, 9.17) is 0 Å². The molecule has 1 amide bonds. The van der Waals surface area contributed by atoms with E-state index in [0.717, 1.165) is 18.4 Å². The number of carbonyl (C=O) groups is 1. The number of hydrogen-bond acceptors (Lipinski definition) is 1. The SMILES string of the molecule is O=C(NC(c1ccccc1)C1CC1)c1ccccc1F. The first-order valence-electron chi connectivity index (χ1n) is 6.86. The van der Waals surface area contributed by atoms with Gasteiger partial charge in [-0.15, -0.1) is 0 Å². The predicted octanol–water partition coefficient (Wildman–Crippen LogP) is 3.71. The summed E-state index contributed by atoms with van der Waals surface area (Å²) in [5.41, 5.74) is 1.19. The van der Waals surface area contributed by atoms with Crippen molar-refractivity contribution in [2.75, 3.05) is 0 Å². The maximum absolute atomic E-state index is 13.6. The van der Waals surface area contributed by atoms with E-state index in [1.165, 1.54) is 12.1 Å². The van der Waals surface area contributed by atoms with Crippen LogP contribution in [-0.4, -0.2) is 5.91 Å². The molecular weight excluding hydrogens is 253 g/mol. The molecule has 1 aliphatic rings. The molecule has 0 saturated heterocycles. The lowest BCUT2D eigenvalue weighted by molar-refractivity contribution is 0.0927. The molecule has 0 radical (unpaired) electrons. The van der Waals surface area contributed by atoms with Crippen molar-refractivity contribution in [3.63, 3.8) is 0 Å². The second-order valence-electron chi connectivity index (χ2n) is 5.18. The van der Waals surface area contributed by atoms with Crippen molar-refractivity contribution >= 4 is 5.91 Å². The van der Waals surface area contributed by atoms with E-state index in [-0.39, 0.29) is 17.5 Å². The molecule has 2 nitrogen and oxygen atoms in total. The number of rotatable bonds is 4. The molecule has 0 spiro atoms. The third-order valence-electron chi connectivity index (χ3n) is 3.66. The van der Waals surface area contributed by atoms with Crippen LogP contribution in [0.15, 0.2) is 54.6 Å². The first kappa shape index (κ1) is 12.9. The molecule has 0 aromatic heterocycles. The maximum atomic E-state index is 13.6. The van der Waals surface area contributed by atoms with Gasteiger partial charge in [0.2, 0.25) is 0 Å². The maximum Gasteiger partial charge on any atom is 0.254 e. The fourth-order valence-corrected chi connectivity index (χ4v) is 2.43. The summed E-state index contributed by atoms with van der Waals surface area (Å²) in [4.78, 5) is 12.2. The van der Waals surface area contributed by atoms with Crippen LogP contribution < -0.4 is 5.32 Å². The van der Waals surface area contributed by atoms with Gasteiger partial charge in [0, 0.05) is 0 Å². The summed E-state index contributed by atoms with van der Waals surface area (Å²) in [5.74, 6) is -0.357. The smallest absolute Gasteiger partial charge is 0.254 e. The normalized spacial score (nSPS) is 15.7. The van der Waals surface area contributed by atoms with E-state index in [2.05, 4.69) is 5.32 Å². The number of nitrogens with one attached hydrogen (secondary N) is 1. The molecule has 2 aromatic rings. The minimum atomic E-state index is -0.479. The van der Waals surface area contributed by atoms with Gasteiger partial charge in [-0.25, -0.2) is 4.39 Å². The molecule has 3 rings (SSSR count). The fraction of sp³-hybridized carbons (Fsp3) is 0.235. The highest BCUT2D eigenvalue weighted by atomic mass is 19.1. The zero-order valence-corrected chi connectivity index (χ0v) is 11.1. The molecule has 102 valence electrons. The Hall–Kier alpha value is -2.16. The van der Waals surface area contributed by atoms with Gasteiger partial charge >= 0.3 is 0 Å². The molecule has 0 bridgehead atoms. The van der Waals surface area contributed by atoms with Crippen LogP contribution in [-0.2, 0) is 0 Å². The number of halogens is 1. The molecule has 0 heterocycles. The highest BCUT2D eigenvalue weighted by molar-refractivity contribution is 5.94. The van der Waals surface area contributed by atoms with Gasteiger partial charge in [-0.2, -0.15) is 0 Å². The van der Waals surface area contributed by atoms with Gasteiger partial charge in [-0.05, 0) is 36.5 Å². The summed E-state index contributed by atoms with van der Waals surface area (Å²) < 4.78 is 13.6. The molecule has 3 heteroatoms. The third-order valence-corrected chi connectivity index (χ3v) is 3.66. The van der Waals surface area contributed by atoms with E-state index < -0.39 is 5.82 Å². The number of carbonyl (C=O) groups excluding carboxylic acids is 1. The summed E-state index contributed by atoms with van der Waals surface area (Å²) in [6.07, 6.45) is 2.22. The standard InChI is InChI=1S/C17H16FNO/c18-15-9-5-4-8-14(15)17(20)19-16(13-10-11-13)12-6-2-1-3-7-12/h1-9,13,16H,10-11H2,(H,19,20). The molecule has 1 atom stereocenters. The molecule has 0 aliphatic heterocycles.